The summed E-state index contributed by atoms with van der Waals surface area (Å²) < 4.78 is 2.27. The van der Waals surface area contributed by atoms with Crippen molar-refractivity contribution in [2.75, 3.05) is 0 Å². The van der Waals surface area contributed by atoms with Crippen LogP contribution in [0.15, 0.2) is 78.9 Å². The average Bonchev–Trinajstić information content (AvgIpc) is 3.17. The predicted octanol–water partition coefficient (Wildman–Crippen LogP) is 4.22. The van der Waals surface area contributed by atoms with E-state index >= 15 is 0 Å². The van der Waals surface area contributed by atoms with Gasteiger partial charge in [-0.25, -0.2) is 0 Å². The van der Waals surface area contributed by atoms with Gasteiger partial charge >= 0.3 is 0 Å². The lowest BCUT2D eigenvalue weighted by Crippen LogP contribution is -2.08. The number of benzene rings is 3. The zero-order valence-corrected chi connectivity index (χ0v) is 14.4. The van der Waals surface area contributed by atoms with Gasteiger partial charge in [0.2, 0.25) is 0 Å². The van der Waals surface area contributed by atoms with Gasteiger partial charge in [0, 0.05) is 32.4 Å². The molecule has 5 aromatic rings. The topological polar surface area (TPSA) is 20.7 Å². The smallest absolute Gasteiger partial charge is 0.0776 e. The molecule has 0 atom stereocenters. The number of fused-ring (bicyclic) bond motifs is 2. The first kappa shape index (κ1) is 14.8. The van der Waals surface area contributed by atoms with Crippen molar-refractivity contribution < 1.29 is 0 Å². The first-order valence-electron chi connectivity index (χ1n) is 8.69. The highest BCUT2D eigenvalue weighted by Crippen LogP contribution is 2.18. The summed E-state index contributed by atoms with van der Waals surface area (Å²) in [5.41, 5.74) is 3.36. The van der Waals surface area contributed by atoms with Crippen molar-refractivity contribution in [3.63, 3.8) is 0 Å². The number of H-pyrrole nitrogens is 1. The van der Waals surface area contributed by atoms with E-state index in [1.165, 1.54) is 0 Å². The maximum absolute atomic E-state index is 4.41. The molecule has 0 saturated heterocycles. The van der Waals surface area contributed by atoms with Gasteiger partial charge in [-0.1, -0.05) is 67.8 Å². The molecule has 0 radical (unpaired) electrons. The molecule has 2 aromatic heterocycles. The molecule has 1 N–H and O–H groups in total. The molecular weight excluding hydrogens is 316 g/mol. The highest BCUT2D eigenvalue weighted by Gasteiger charge is 2.10. The molecule has 26 heavy (non-hydrogen) atoms. The van der Waals surface area contributed by atoms with Crippen LogP contribution in [-0.2, 0) is 0 Å². The van der Waals surface area contributed by atoms with Crippen LogP contribution in [0.1, 0.15) is 0 Å². The van der Waals surface area contributed by atoms with Crippen LogP contribution in [0.2, 0.25) is 0 Å². The average molecular weight is 334 g/mol. The molecule has 124 valence electrons. The molecule has 0 aliphatic carbocycles. The van der Waals surface area contributed by atoms with Crippen molar-refractivity contribution in [1.82, 2.24) is 9.55 Å². The number of hydrogen-bond acceptors (Lipinski definition) is 0. The zero-order chi connectivity index (χ0) is 17.7. The van der Waals surface area contributed by atoms with Crippen molar-refractivity contribution >= 4 is 35.0 Å². The summed E-state index contributed by atoms with van der Waals surface area (Å²) in [5.74, 6) is 0. The van der Waals surface area contributed by atoms with Crippen molar-refractivity contribution in [3.8, 4) is 5.69 Å². The molecule has 0 spiro atoms. The first-order chi connectivity index (χ1) is 12.8. The van der Waals surface area contributed by atoms with E-state index in [0.29, 0.717) is 0 Å². The van der Waals surface area contributed by atoms with E-state index in [1.807, 2.05) is 18.2 Å². The molecule has 0 bridgehead atoms. The Bertz CT molecular complexity index is 1450. The number of hydrogen-bond donors (Lipinski definition) is 1. The summed E-state index contributed by atoms with van der Waals surface area (Å²) in [5, 5.41) is 6.41. The van der Waals surface area contributed by atoms with Crippen molar-refractivity contribution in [2.24, 2.45) is 0 Å². The van der Waals surface area contributed by atoms with Crippen molar-refractivity contribution in [2.45, 2.75) is 0 Å². The molecule has 0 saturated carbocycles. The molecule has 0 aliphatic heterocycles. The van der Waals surface area contributed by atoms with Crippen LogP contribution < -0.4 is 10.4 Å². The van der Waals surface area contributed by atoms with Crippen LogP contribution in [0.5, 0.6) is 0 Å². The van der Waals surface area contributed by atoms with Crippen LogP contribution >= 0.6 is 0 Å². The fourth-order valence-electron chi connectivity index (χ4n) is 3.82. The third kappa shape index (κ3) is 1.99. The Morgan fingerprint density at radius 1 is 0.654 bits per heavy atom. The molecule has 2 heterocycles. The Balaban J connectivity index is 2.15. The number of nitrogens with one attached hydrogen (secondary N) is 1. The second-order valence-electron chi connectivity index (χ2n) is 6.54. The van der Waals surface area contributed by atoms with E-state index in [-0.39, 0.29) is 0 Å². The van der Waals surface area contributed by atoms with Gasteiger partial charge < -0.3 is 9.55 Å². The molecule has 2 heteroatoms. The SMILES string of the molecule is C=c1/c(=c2\c(=C)c3ccccc3n2-c2ccccc2)[nH]c2ccccc12. The molecule has 0 amide bonds. The molecule has 0 unspecified atom stereocenters. The summed E-state index contributed by atoms with van der Waals surface area (Å²) in [4.78, 5) is 3.57. The van der Waals surface area contributed by atoms with Gasteiger partial charge in [-0.15, -0.1) is 0 Å². The first-order valence-corrected chi connectivity index (χ1v) is 8.69. The number of aromatic nitrogens is 2. The lowest BCUT2D eigenvalue weighted by atomic mass is 10.2. The van der Waals surface area contributed by atoms with Gasteiger partial charge in [0.1, 0.15) is 0 Å². The minimum atomic E-state index is 1.01. The Morgan fingerprint density at radius 2 is 1.31 bits per heavy atom. The van der Waals surface area contributed by atoms with Crippen molar-refractivity contribution in [3.05, 3.63) is 100.0 Å². The van der Waals surface area contributed by atoms with E-state index in [9.17, 15) is 0 Å². The highest BCUT2D eigenvalue weighted by atomic mass is 15.0. The highest BCUT2D eigenvalue weighted by molar-refractivity contribution is 5.84. The summed E-state index contributed by atoms with van der Waals surface area (Å²) >= 11 is 0. The zero-order valence-electron chi connectivity index (χ0n) is 14.4. The molecule has 0 aliphatic rings. The largest absolute Gasteiger partial charge is 0.353 e. The lowest BCUT2D eigenvalue weighted by molar-refractivity contribution is 1.04. The number of nitrogens with zero attached hydrogens (tertiary/aromatic N) is 1. The Hall–Kier alpha value is -3.52. The standard InChI is InChI=1S/C24H18N2/c1-16-19-12-6-8-14-21(19)25-23(16)24-17(2)20-13-7-9-15-22(20)26(24)18-10-4-3-5-11-18/h3-15,25H,1-2H2/b24-23-. The normalized spacial score (nSPS) is 12.8. The van der Waals surface area contributed by atoms with Gasteiger partial charge in [0.25, 0.3) is 0 Å². The molecule has 3 aromatic carbocycles. The number of rotatable bonds is 1. The second kappa shape index (κ2) is 5.50. The third-order valence-electron chi connectivity index (χ3n) is 5.04. The van der Waals surface area contributed by atoms with Gasteiger partial charge in [0.05, 0.1) is 16.2 Å². The minimum Gasteiger partial charge on any atom is -0.353 e. The summed E-state index contributed by atoms with van der Waals surface area (Å²) in [6.07, 6.45) is 0. The van der Waals surface area contributed by atoms with Gasteiger partial charge in [-0.05, 0) is 24.3 Å². The van der Waals surface area contributed by atoms with Crippen LogP contribution in [0.25, 0.3) is 40.7 Å². The molecule has 2 nitrogen and oxygen atoms in total. The predicted molar refractivity (Wildman–Crippen MR) is 110 cm³/mol. The fraction of sp³-hybridized carbons (Fsp3) is 0. The summed E-state index contributed by atoms with van der Waals surface area (Å²) in [6.45, 7) is 8.77. The summed E-state index contributed by atoms with van der Waals surface area (Å²) in [6, 6.07) is 27.1. The van der Waals surface area contributed by atoms with Crippen LogP contribution in [0.3, 0.4) is 0 Å². The lowest BCUT2D eigenvalue weighted by Gasteiger charge is -2.06. The van der Waals surface area contributed by atoms with Crippen LogP contribution in [0.4, 0.5) is 0 Å². The van der Waals surface area contributed by atoms with E-state index in [1.54, 1.807) is 0 Å². The Kier molecular flexibility index (Phi) is 3.13. The third-order valence-corrected chi connectivity index (χ3v) is 5.04. The Labute approximate surface area is 150 Å². The minimum absolute atomic E-state index is 1.01. The quantitative estimate of drug-likeness (QED) is 0.474. The second-order valence-corrected chi connectivity index (χ2v) is 6.54. The van der Waals surface area contributed by atoms with Crippen molar-refractivity contribution in [1.29, 1.82) is 0 Å². The maximum atomic E-state index is 4.41. The van der Waals surface area contributed by atoms with Gasteiger partial charge in [-0.3, -0.25) is 0 Å². The van der Waals surface area contributed by atoms with E-state index < -0.39 is 0 Å². The summed E-state index contributed by atoms with van der Waals surface area (Å²) in [7, 11) is 0. The van der Waals surface area contributed by atoms with Crippen LogP contribution in [0, 0.1) is 10.7 Å². The molecule has 5 rings (SSSR count). The molecule has 0 fully saturated rings. The fourth-order valence-corrected chi connectivity index (χ4v) is 3.82. The maximum Gasteiger partial charge on any atom is 0.0776 e. The Morgan fingerprint density at radius 3 is 2.08 bits per heavy atom. The van der Waals surface area contributed by atoms with E-state index in [2.05, 4.69) is 83.4 Å². The van der Waals surface area contributed by atoms with E-state index in [0.717, 1.165) is 48.6 Å². The van der Waals surface area contributed by atoms with Gasteiger partial charge in [0.15, 0.2) is 0 Å². The van der Waals surface area contributed by atoms with Gasteiger partial charge in [-0.2, -0.15) is 0 Å². The monoisotopic (exact) mass is 334 g/mol. The van der Waals surface area contributed by atoms with Crippen LogP contribution in [-0.4, -0.2) is 9.55 Å². The van der Waals surface area contributed by atoms with E-state index in [4.69, 9.17) is 0 Å². The molecular formula is C24H18N2. The number of aromatic amines is 1. The number of para-hydroxylation sites is 3.